The summed E-state index contributed by atoms with van der Waals surface area (Å²) in [5.41, 5.74) is 1.89. The first kappa shape index (κ1) is 16.9. The standard InChI is InChI=1S/C17H26N2O3/c1-13(20)18-8-7-16(21)17(22)15-6-4-5-14(11-15)12-19-9-2-3-10-19/h4-6,11,16-17,21-22H,2-3,7-10,12H2,1H3,(H,18,20). The molecule has 1 heterocycles. The number of amides is 1. The number of hydrogen-bond acceptors (Lipinski definition) is 4. The molecule has 122 valence electrons. The number of likely N-dealkylation sites (tertiary alicyclic amines) is 1. The van der Waals surface area contributed by atoms with Crippen molar-refractivity contribution < 1.29 is 15.0 Å². The zero-order chi connectivity index (χ0) is 15.9. The molecule has 0 spiro atoms. The van der Waals surface area contributed by atoms with Crippen LogP contribution in [0.2, 0.25) is 0 Å². The lowest BCUT2D eigenvalue weighted by Gasteiger charge is -2.20. The van der Waals surface area contributed by atoms with Crippen LogP contribution < -0.4 is 5.32 Å². The van der Waals surface area contributed by atoms with Crippen LogP contribution in [0.15, 0.2) is 24.3 Å². The van der Waals surface area contributed by atoms with E-state index in [4.69, 9.17) is 0 Å². The van der Waals surface area contributed by atoms with Crippen LogP contribution in [0.4, 0.5) is 0 Å². The summed E-state index contributed by atoms with van der Waals surface area (Å²) in [6.07, 6.45) is 1.03. The van der Waals surface area contributed by atoms with Crippen LogP contribution in [-0.2, 0) is 11.3 Å². The summed E-state index contributed by atoms with van der Waals surface area (Å²) in [4.78, 5) is 13.2. The first-order valence-corrected chi connectivity index (χ1v) is 7.98. The minimum absolute atomic E-state index is 0.130. The Hall–Kier alpha value is -1.43. The fraction of sp³-hybridized carbons (Fsp3) is 0.588. The molecule has 0 bridgehead atoms. The third-order valence-corrected chi connectivity index (χ3v) is 4.08. The van der Waals surface area contributed by atoms with Gasteiger partial charge in [0, 0.05) is 20.0 Å². The number of aliphatic hydroxyl groups excluding tert-OH is 2. The average Bonchev–Trinajstić information content (AvgIpc) is 2.99. The van der Waals surface area contributed by atoms with Crippen LogP contribution in [0, 0.1) is 0 Å². The van der Waals surface area contributed by atoms with Crippen molar-refractivity contribution in [2.45, 2.75) is 44.9 Å². The van der Waals surface area contributed by atoms with Gasteiger partial charge >= 0.3 is 0 Å². The van der Waals surface area contributed by atoms with Crippen molar-refractivity contribution in [2.24, 2.45) is 0 Å². The highest BCUT2D eigenvalue weighted by Gasteiger charge is 2.19. The molecule has 0 saturated carbocycles. The Morgan fingerprint density at radius 3 is 2.73 bits per heavy atom. The maximum Gasteiger partial charge on any atom is 0.216 e. The summed E-state index contributed by atoms with van der Waals surface area (Å²) in [5.74, 6) is -0.130. The van der Waals surface area contributed by atoms with E-state index in [9.17, 15) is 15.0 Å². The first-order chi connectivity index (χ1) is 10.6. The lowest BCUT2D eigenvalue weighted by Crippen LogP contribution is -2.27. The molecule has 1 aromatic carbocycles. The number of nitrogens with one attached hydrogen (secondary N) is 1. The Kier molecular flexibility index (Phi) is 6.36. The summed E-state index contributed by atoms with van der Waals surface area (Å²) >= 11 is 0. The fourth-order valence-electron chi connectivity index (χ4n) is 2.85. The van der Waals surface area contributed by atoms with Gasteiger partial charge in [-0.2, -0.15) is 0 Å². The third-order valence-electron chi connectivity index (χ3n) is 4.08. The monoisotopic (exact) mass is 306 g/mol. The summed E-state index contributed by atoms with van der Waals surface area (Å²) in [7, 11) is 0. The quantitative estimate of drug-likeness (QED) is 0.708. The lowest BCUT2D eigenvalue weighted by atomic mass is 10.00. The molecule has 0 aliphatic carbocycles. The summed E-state index contributed by atoms with van der Waals surface area (Å²) < 4.78 is 0. The summed E-state index contributed by atoms with van der Waals surface area (Å²) in [6.45, 7) is 4.95. The molecule has 1 aliphatic rings. The van der Waals surface area contributed by atoms with Crippen molar-refractivity contribution in [3.8, 4) is 0 Å². The molecule has 22 heavy (non-hydrogen) atoms. The second-order valence-electron chi connectivity index (χ2n) is 6.01. The molecule has 1 fully saturated rings. The van der Waals surface area contributed by atoms with E-state index in [-0.39, 0.29) is 5.91 Å². The second kappa shape index (κ2) is 8.27. The largest absolute Gasteiger partial charge is 0.390 e. The molecular formula is C17H26N2O3. The van der Waals surface area contributed by atoms with Crippen molar-refractivity contribution >= 4 is 5.91 Å². The molecule has 1 aromatic rings. The molecule has 3 N–H and O–H groups in total. The molecule has 0 aromatic heterocycles. The van der Waals surface area contributed by atoms with Crippen molar-refractivity contribution in [2.75, 3.05) is 19.6 Å². The molecule has 0 radical (unpaired) electrons. The maximum atomic E-state index is 10.8. The molecule has 5 nitrogen and oxygen atoms in total. The zero-order valence-corrected chi connectivity index (χ0v) is 13.2. The van der Waals surface area contributed by atoms with Crippen LogP contribution in [0.3, 0.4) is 0 Å². The fourth-order valence-corrected chi connectivity index (χ4v) is 2.85. The Morgan fingerprint density at radius 1 is 1.32 bits per heavy atom. The molecule has 1 aliphatic heterocycles. The van der Waals surface area contributed by atoms with E-state index < -0.39 is 12.2 Å². The Bertz CT molecular complexity index is 487. The summed E-state index contributed by atoms with van der Waals surface area (Å²) in [6, 6.07) is 7.77. The van der Waals surface area contributed by atoms with Gasteiger partial charge in [0.1, 0.15) is 6.10 Å². The Morgan fingerprint density at radius 2 is 2.05 bits per heavy atom. The minimum atomic E-state index is -0.924. The minimum Gasteiger partial charge on any atom is -0.390 e. The van der Waals surface area contributed by atoms with Gasteiger partial charge < -0.3 is 15.5 Å². The van der Waals surface area contributed by atoms with Crippen molar-refractivity contribution in [1.29, 1.82) is 0 Å². The number of hydrogen-bond donors (Lipinski definition) is 3. The molecule has 5 heteroatoms. The maximum absolute atomic E-state index is 10.8. The normalized spacial score (nSPS) is 18.1. The van der Waals surface area contributed by atoms with Crippen LogP contribution in [0.25, 0.3) is 0 Å². The van der Waals surface area contributed by atoms with Crippen LogP contribution in [-0.4, -0.2) is 46.8 Å². The highest BCUT2D eigenvalue weighted by molar-refractivity contribution is 5.72. The van der Waals surface area contributed by atoms with Gasteiger partial charge in [-0.3, -0.25) is 9.69 Å². The SMILES string of the molecule is CC(=O)NCCC(O)C(O)c1cccc(CN2CCCC2)c1. The van der Waals surface area contributed by atoms with E-state index in [1.807, 2.05) is 18.2 Å². The number of rotatable bonds is 7. The predicted octanol–water partition coefficient (Wildman–Crippen LogP) is 1.20. The second-order valence-corrected chi connectivity index (χ2v) is 6.01. The molecule has 2 unspecified atom stereocenters. The number of carbonyl (C=O) groups excluding carboxylic acids is 1. The lowest BCUT2D eigenvalue weighted by molar-refractivity contribution is -0.119. The third kappa shape index (κ3) is 5.09. The van der Waals surface area contributed by atoms with Gasteiger partial charge in [-0.1, -0.05) is 24.3 Å². The van der Waals surface area contributed by atoms with Gasteiger partial charge in [0.15, 0.2) is 0 Å². The van der Waals surface area contributed by atoms with Gasteiger partial charge in [-0.05, 0) is 43.5 Å². The Labute approximate surface area is 131 Å². The smallest absolute Gasteiger partial charge is 0.216 e. The average molecular weight is 306 g/mol. The van der Waals surface area contributed by atoms with Crippen molar-refractivity contribution in [3.05, 3.63) is 35.4 Å². The van der Waals surface area contributed by atoms with E-state index >= 15 is 0 Å². The molecular weight excluding hydrogens is 280 g/mol. The van der Waals surface area contributed by atoms with Crippen molar-refractivity contribution in [3.63, 3.8) is 0 Å². The first-order valence-electron chi connectivity index (χ1n) is 7.98. The topological polar surface area (TPSA) is 72.8 Å². The van der Waals surface area contributed by atoms with Gasteiger partial charge in [-0.25, -0.2) is 0 Å². The summed E-state index contributed by atoms with van der Waals surface area (Å²) in [5, 5.41) is 22.9. The van der Waals surface area contributed by atoms with E-state index in [1.165, 1.54) is 19.8 Å². The number of carbonyl (C=O) groups is 1. The van der Waals surface area contributed by atoms with E-state index in [0.717, 1.165) is 30.8 Å². The van der Waals surface area contributed by atoms with Crippen molar-refractivity contribution in [1.82, 2.24) is 10.2 Å². The van der Waals surface area contributed by atoms with Crippen LogP contribution in [0.1, 0.15) is 43.4 Å². The molecule has 2 rings (SSSR count). The van der Waals surface area contributed by atoms with Gasteiger partial charge in [0.25, 0.3) is 0 Å². The van der Waals surface area contributed by atoms with E-state index in [2.05, 4.69) is 16.3 Å². The number of nitrogens with zero attached hydrogens (tertiary/aromatic N) is 1. The van der Waals surface area contributed by atoms with Crippen LogP contribution in [0.5, 0.6) is 0 Å². The molecule has 1 amide bonds. The van der Waals surface area contributed by atoms with E-state index in [1.54, 1.807) is 0 Å². The zero-order valence-electron chi connectivity index (χ0n) is 13.2. The molecule has 1 saturated heterocycles. The van der Waals surface area contributed by atoms with E-state index in [0.29, 0.717) is 13.0 Å². The van der Waals surface area contributed by atoms with Gasteiger partial charge in [0.05, 0.1) is 6.10 Å². The predicted molar refractivity (Wildman–Crippen MR) is 85.2 cm³/mol. The number of aliphatic hydroxyl groups is 2. The molecule has 2 atom stereocenters. The Balaban J connectivity index is 1.90. The number of benzene rings is 1. The van der Waals surface area contributed by atoms with Gasteiger partial charge in [0.2, 0.25) is 5.91 Å². The highest BCUT2D eigenvalue weighted by Crippen LogP contribution is 2.21. The van der Waals surface area contributed by atoms with Gasteiger partial charge in [-0.15, -0.1) is 0 Å². The van der Waals surface area contributed by atoms with Crippen LogP contribution >= 0.6 is 0 Å². The highest BCUT2D eigenvalue weighted by atomic mass is 16.3.